The minimum absolute atomic E-state index is 0.115. The summed E-state index contributed by atoms with van der Waals surface area (Å²) in [5, 5.41) is 42.5. The summed E-state index contributed by atoms with van der Waals surface area (Å²) in [6, 6.07) is 1.24. The smallest absolute Gasteiger partial charge is 0.386 e. The average molecular weight is 611 g/mol. The Morgan fingerprint density at radius 1 is 1.10 bits per heavy atom. The van der Waals surface area contributed by atoms with E-state index in [9.17, 15) is 29.8 Å². The Hall–Kier alpha value is -2.97. The third kappa shape index (κ3) is 4.04. The Balaban J connectivity index is 1.09. The van der Waals surface area contributed by atoms with Crippen LogP contribution in [-0.2, 0) is 23.1 Å². The Morgan fingerprint density at radius 2 is 1.90 bits per heavy atom. The fourth-order valence-electron chi connectivity index (χ4n) is 5.30. The molecule has 0 bridgehead atoms. The van der Waals surface area contributed by atoms with Gasteiger partial charge in [0, 0.05) is 24.7 Å². The number of aliphatic hydroxyl groups excluding tert-OH is 3. The van der Waals surface area contributed by atoms with Gasteiger partial charge in [-0.05, 0) is 0 Å². The highest BCUT2D eigenvalue weighted by Crippen LogP contribution is 2.63. The molecule has 3 fully saturated rings. The van der Waals surface area contributed by atoms with Gasteiger partial charge in [0.1, 0.15) is 48.5 Å². The summed E-state index contributed by atoms with van der Waals surface area (Å²) in [4.78, 5) is 28.3. The number of rotatable bonds is 7. The van der Waals surface area contributed by atoms with Crippen LogP contribution in [0.5, 0.6) is 0 Å². The van der Waals surface area contributed by atoms with Gasteiger partial charge in [-0.2, -0.15) is 0 Å². The molecule has 41 heavy (non-hydrogen) atoms. The molecule has 1 aliphatic carbocycles. The topological polar surface area (TPSA) is 244 Å². The molecule has 218 valence electrons. The SMILES string of the molecule is Nc1ncnc2c1ncn2[C@@H]1O[C@H](COP(=O)(S)O[C@H]2[C@H](n3ccc(=O)n4ccnc34)O[C@@H]3C(O)[C@@]32O)[C@H](O)[C@H]1O. The molecule has 10 atom stereocenters. The number of ether oxygens (including phenoxy) is 2. The number of fused-ring (bicyclic) bond motifs is 3. The molecule has 4 aromatic rings. The Morgan fingerprint density at radius 3 is 2.71 bits per heavy atom. The first-order valence-electron chi connectivity index (χ1n) is 12.2. The van der Waals surface area contributed by atoms with Crippen molar-refractivity contribution in [3.63, 3.8) is 0 Å². The van der Waals surface area contributed by atoms with Crippen molar-refractivity contribution in [1.82, 2.24) is 33.5 Å². The van der Waals surface area contributed by atoms with E-state index in [1.807, 2.05) is 0 Å². The molecule has 18 nitrogen and oxygen atoms in total. The normalized spacial score (nSPS) is 36.1. The maximum absolute atomic E-state index is 13.3. The largest absolute Gasteiger partial charge is 0.387 e. The second-order valence-electron chi connectivity index (χ2n) is 9.86. The van der Waals surface area contributed by atoms with Crippen molar-refractivity contribution in [1.29, 1.82) is 0 Å². The van der Waals surface area contributed by atoms with Gasteiger partial charge in [0.15, 0.2) is 29.5 Å². The molecule has 7 rings (SSSR count). The van der Waals surface area contributed by atoms with E-state index < -0.39 is 68.1 Å². The van der Waals surface area contributed by atoms with Gasteiger partial charge in [0.2, 0.25) is 5.78 Å². The van der Waals surface area contributed by atoms with Crippen molar-refractivity contribution in [3.8, 4) is 0 Å². The summed E-state index contributed by atoms with van der Waals surface area (Å²) in [5.74, 6) is 0.260. The van der Waals surface area contributed by atoms with E-state index in [0.717, 1.165) is 0 Å². The molecule has 0 amide bonds. The van der Waals surface area contributed by atoms with Gasteiger partial charge in [-0.15, -0.1) is 0 Å². The third-order valence-corrected chi connectivity index (χ3v) is 9.09. The fourth-order valence-corrected chi connectivity index (χ4v) is 6.76. The number of aliphatic hydroxyl groups is 4. The Kier molecular flexibility index (Phi) is 6.08. The summed E-state index contributed by atoms with van der Waals surface area (Å²) < 4.78 is 39.9. The first kappa shape index (κ1) is 26.9. The van der Waals surface area contributed by atoms with E-state index in [1.54, 1.807) is 0 Å². The fraction of sp³-hybridized carbons (Fsp3) is 0.476. The number of nitrogen functional groups attached to an aromatic ring is 1. The molecule has 0 radical (unpaired) electrons. The zero-order valence-corrected chi connectivity index (χ0v) is 22.4. The van der Waals surface area contributed by atoms with Crippen LogP contribution in [0.4, 0.5) is 5.82 Å². The summed E-state index contributed by atoms with van der Waals surface area (Å²) >= 11 is 4.02. The quantitative estimate of drug-likeness (QED) is 0.0977. The van der Waals surface area contributed by atoms with Crippen molar-refractivity contribution in [2.45, 2.75) is 54.7 Å². The van der Waals surface area contributed by atoms with Gasteiger partial charge in [-0.1, -0.05) is 12.2 Å². The average Bonchev–Trinajstić information content (AvgIpc) is 3.52. The highest BCUT2D eigenvalue weighted by Gasteiger charge is 2.78. The number of anilines is 1. The molecule has 0 aromatic carbocycles. The van der Waals surface area contributed by atoms with Crippen LogP contribution in [0.1, 0.15) is 12.5 Å². The van der Waals surface area contributed by atoms with Gasteiger partial charge < -0.3 is 35.6 Å². The number of nitrogens with two attached hydrogens (primary N) is 1. The summed E-state index contributed by atoms with van der Waals surface area (Å²) in [7, 11) is 0. The molecule has 6 N–H and O–H groups in total. The van der Waals surface area contributed by atoms with Gasteiger partial charge in [0.05, 0.1) is 12.9 Å². The molecule has 2 unspecified atom stereocenters. The zero-order valence-electron chi connectivity index (χ0n) is 20.6. The van der Waals surface area contributed by atoms with Crippen LogP contribution in [0.3, 0.4) is 0 Å². The van der Waals surface area contributed by atoms with Crippen LogP contribution < -0.4 is 11.3 Å². The van der Waals surface area contributed by atoms with Gasteiger partial charge >= 0.3 is 6.80 Å². The van der Waals surface area contributed by atoms with Crippen molar-refractivity contribution >= 4 is 41.8 Å². The molecule has 20 heteroatoms. The number of thiol groups is 1. The van der Waals surface area contributed by atoms with Crippen LogP contribution in [-0.4, -0.2) is 103 Å². The monoisotopic (exact) mass is 610 g/mol. The lowest BCUT2D eigenvalue weighted by Gasteiger charge is -2.29. The maximum Gasteiger partial charge on any atom is 0.386 e. The molecule has 4 aromatic heterocycles. The Labute approximate surface area is 233 Å². The van der Waals surface area contributed by atoms with Gasteiger partial charge in [-0.25, -0.2) is 24.5 Å². The zero-order chi connectivity index (χ0) is 28.8. The predicted octanol–water partition coefficient (Wildman–Crippen LogP) is -2.02. The van der Waals surface area contributed by atoms with Crippen molar-refractivity contribution in [3.05, 3.63) is 47.7 Å². The predicted molar refractivity (Wildman–Crippen MR) is 137 cm³/mol. The van der Waals surface area contributed by atoms with Crippen molar-refractivity contribution < 1.29 is 43.5 Å². The lowest BCUT2D eigenvalue weighted by atomic mass is 10.1. The number of nitrogens with zero attached hydrogens (tertiary/aromatic N) is 7. The number of imidazole rings is 2. The number of hydrogen-bond donors (Lipinski definition) is 6. The summed E-state index contributed by atoms with van der Waals surface area (Å²) in [5.41, 5.74) is 4.02. The summed E-state index contributed by atoms with van der Waals surface area (Å²) in [6.45, 7) is -4.90. The number of hydrogen-bond acceptors (Lipinski definition) is 15. The molecule has 3 aliphatic rings. The highest BCUT2D eigenvalue weighted by atomic mass is 32.7. The minimum atomic E-state index is -4.35. The molecule has 2 aliphatic heterocycles. The second kappa shape index (κ2) is 9.27. The number of aromatic nitrogens is 7. The summed E-state index contributed by atoms with van der Waals surface area (Å²) in [6.07, 6.45) is -3.63. The van der Waals surface area contributed by atoms with Crippen molar-refractivity contribution in [2.24, 2.45) is 0 Å². The van der Waals surface area contributed by atoms with Gasteiger partial charge in [0.25, 0.3) is 5.56 Å². The van der Waals surface area contributed by atoms with E-state index in [-0.39, 0.29) is 28.3 Å². The van der Waals surface area contributed by atoms with E-state index >= 15 is 0 Å². The van der Waals surface area contributed by atoms with Crippen LogP contribution >= 0.6 is 19.0 Å². The second-order valence-corrected chi connectivity index (χ2v) is 12.7. The third-order valence-electron chi connectivity index (χ3n) is 7.50. The van der Waals surface area contributed by atoms with Crippen LogP contribution in [0, 0.1) is 0 Å². The van der Waals surface area contributed by atoms with E-state index in [1.165, 1.54) is 50.8 Å². The van der Waals surface area contributed by atoms with E-state index in [2.05, 4.69) is 32.2 Å². The molecular formula is C21H23N8O10PS. The van der Waals surface area contributed by atoms with Crippen molar-refractivity contribution in [2.75, 3.05) is 12.3 Å². The lowest BCUT2D eigenvalue weighted by molar-refractivity contribution is -0.0889. The molecule has 0 spiro atoms. The molecule has 6 heterocycles. The van der Waals surface area contributed by atoms with Crippen LogP contribution in [0.15, 0.2) is 42.1 Å². The van der Waals surface area contributed by atoms with Gasteiger partial charge in [-0.3, -0.25) is 27.4 Å². The first-order chi connectivity index (χ1) is 19.5. The van der Waals surface area contributed by atoms with Crippen LogP contribution in [0.25, 0.3) is 16.9 Å². The lowest BCUT2D eigenvalue weighted by Crippen LogP contribution is -2.39. The molecular weight excluding hydrogens is 587 g/mol. The minimum Gasteiger partial charge on any atom is -0.387 e. The maximum atomic E-state index is 13.3. The van der Waals surface area contributed by atoms with Crippen LogP contribution in [0.2, 0.25) is 0 Å². The van der Waals surface area contributed by atoms with E-state index in [4.69, 9.17) is 24.3 Å². The standard InChI is InChI=1S/C21H23N8O10PS/c22-16-10-17(25-6-24-16)29(7-26-10)18-12(32)11(31)8(37-18)5-36-40(35,41)39-15-19(38-14-13(33)21(14,15)34)28-3-1-9(30)27-4-2-23-20(27)28/h1-4,6-8,11-15,18-19,31-34H,5H2,(H,35,41)(H2,22,24,25)/t8-,11+,12-,13?,14-,15+,18-,19-,21-,40?/m1/s1. The highest BCUT2D eigenvalue weighted by molar-refractivity contribution is 8.44. The molecule has 1 saturated carbocycles. The first-order valence-corrected chi connectivity index (χ1v) is 14.9. The molecule has 2 saturated heterocycles. The van der Waals surface area contributed by atoms with E-state index in [0.29, 0.717) is 0 Å². The Bertz CT molecular complexity index is 1770.